The molecule has 0 aliphatic carbocycles. The molecule has 2 aromatic rings. The number of hydrogen-bond donors (Lipinski definition) is 0. The summed E-state index contributed by atoms with van der Waals surface area (Å²) in [7, 11) is 0. The van der Waals surface area contributed by atoms with Gasteiger partial charge in [0.1, 0.15) is 12.4 Å². The lowest BCUT2D eigenvalue weighted by molar-refractivity contribution is 0.0957. The monoisotopic (exact) mass is 362 g/mol. The fraction of sp³-hybridized carbons (Fsp3) is 0.409. The SMILES string of the molecule is CC.CC.CCC(C(=O)c1ccc(OCCCl)cc1)c1ccccc1. The normalized spacial score (nSPS) is 10.5. The molecule has 0 aromatic heterocycles. The van der Waals surface area contributed by atoms with Crippen molar-refractivity contribution in [2.45, 2.75) is 47.0 Å². The second-order valence-corrected chi connectivity index (χ2v) is 5.18. The van der Waals surface area contributed by atoms with Crippen LogP contribution in [0.2, 0.25) is 0 Å². The summed E-state index contributed by atoms with van der Waals surface area (Å²) >= 11 is 5.58. The summed E-state index contributed by atoms with van der Waals surface area (Å²) in [6.07, 6.45) is 0.785. The van der Waals surface area contributed by atoms with Crippen LogP contribution in [0.15, 0.2) is 54.6 Å². The van der Waals surface area contributed by atoms with E-state index in [4.69, 9.17) is 16.3 Å². The summed E-state index contributed by atoms with van der Waals surface area (Å²) in [4.78, 5) is 12.6. The molecule has 0 heterocycles. The number of hydrogen-bond acceptors (Lipinski definition) is 2. The van der Waals surface area contributed by atoms with E-state index < -0.39 is 0 Å². The Hall–Kier alpha value is -1.80. The topological polar surface area (TPSA) is 26.3 Å². The van der Waals surface area contributed by atoms with Gasteiger partial charge in [-0.2, -0.15) is 0 Å². The molecule has 0 radical (unpaired) electrons. The smallest absolute Gasteiger partial charge is 0.170 e. The van der Waals surface area contributed by atoms with Gasteiger partial charge in [0.05, 0.1) is 5.88 Å². The van der Waals surface area contributed by atoms with Gasteiger partial charge >= 0.3 is 0 Å². The van der Waals surface area contributed by atoms with E-state index in [2.05, 4.69) is 0 Å². The van der Waals surface area contributed by atoms with Crippen LogP contribution in [-0.4, -0.2) is 18.3 Å². The number of carbonyl (C=O) groups excluding carboxylic acids is 1. The third-order valence-corrected chi connectivity index (χ3v) is 3.57. The summed E-state index contributed by atoms with van der Waals surface area (Å²) < 4.78 is 5.42. The molecule has 2 nitrogen and oxygen atoms in total. The molecule has 0 saturated carbocycles. The standard InChI is InChI=1S/C18H19ClO2.2C2H6/c1-2-17(14-6-4-3-5-7-14)18(20)15-8-10-16(11-9-15)21-13-12-19;2*1-2/h3-11,17H,2,12-13H2,1H3;2*1-2H3. The molecule has 0 amide bonds. The third-order valence-electron chi connectivity index (χ3n) is 3.41. The summed E-state index contributed by atoms with van der Waals surface area (Å²) in [6.45, 7) is 10.5. The zero-order valence-corrected chi connectivity index (χ0v) is 16.8. The predicted molar refractivity (Wildman–Crippen MR) is 109 cm³/mol. The number of rotatable bonds is 7. The van der Waals surface area contributed by atoms with Gasteiger partial charge in [-0.05, 0) is 36.2 Å². The van der Waals surface area contributed by atoms with Crippen LogP contribution >= 0.6 is 11.6 Å². The fourth-order valence-electron chi connectivity index (χ4n) is 2.33. The van der Waals surface area contributed by atoms with Crippen LogP contribution in [-0.2, 0) is 0 Å². The second kappa shape index (κ2) is 14.5. The average Bonchev–Trinajstić information content (AvgIpc) is 2.71. The lowest BCUT2D eigenvalue weighted by atomic mass is 9.89. The number of carbonyl (C=O) groups is 1. The van der Waals surface area contributed by atoms with Crippen molar-refractivity contribution in [2.24, 2.45) is 0 Å². The number of halogens is 1. The number of Topliss-reactive ketones (excluding diaryl/α,β-unsaturated/α-hetero) is 1. The van der Waals surface area contributed by atoms with Crippen molar-refractivity contribution in [1.29, 1.82) is 0 Å². The van der Waals surface area contributed by atoms with Crippen molar-refractivity contribution in [3.8, 4) is 5.75 Å². The molecule has 138 valence electrons. The van der Waals surface area contributed by atoms with Crippen LogP contribution in [0.5, 0.6) is 5.75 Å². The molecule has 0 aliphatic heterocycles. The lowest BCUT2D eigenvalue weighted by Gasteiger charge is -2.14. The van der Waals surface area contributed by atoms with Crippen LogP contribution in [0.1, 0.15) is 62.9 Å². The van der Waals surface area contributed by atoms with Crippen LogP contribution < -0.4 is 4.74 Å². The molecule has 0 spiro atoms. The minimum absolute atomic E-state index is 0.0965. The Bertz CT molecular complexity index is 564. The highest BCUT2D eigenvalue weighted by atomic mass is 35.5. The molecule has 1 atom stereocenters. The molecule has 0 aliphatic rings. The molecule has 0 N–H and O–H groups in total. The van der Waals surface area contributed by atoms with Crippen molar-refractivity contribution in [3.05, 3.63) is 65.7 Å². The van der Waals surface area contributed by atoms with Gasteiger partial charge < -0.3 is 4.74 Å². The van der Waals surface area contributed by atoms with Crippen molar-refractivity contribution in [2.75, 3.05) is 12.5 Å². The van der Waals surface area contributed by atoms with Gasteiger partial charge in [-0.3, -0.25) is 4.79 Å². The van der Waals surface area contributed by atoms with E-state index >= 15 is 0 Å². The van der Waals surface area contributed by atoms with E-state index in [0.717, 1.165) is 17.7 Å². The first kappa shape index (κ1) is 23.2. The average molecular weight is 363 g/mol. The fourth-order valence-corrected chi connectivity index (χ4v) is 2.41. The second-order valence-electron chi connectivity index (χ2n) is 4.80. The first-order valence-corrected chi connectivity index (χ1v) is 9.67. The van der Waals surface area contributed by atoms with E-state index in [1.807, 2.05) is 89.2 Å². The molecular formula is C22H31ClO2. The van der Waals surface area contributed by atoms with E-state index in [0.29, 0.717) is 18.1 Å². The minimum atomic E-state index is -0.0965. The van der Waals surface area contributed by atoms with Gasteiger partial charge in [-0.25, -0.2) is 0 Å². The third kappa shape index (κ3) is 7.74. The summed E-state index contributed by atoms with van der Waals surface area (Å²) in [5.74, 6) is 1.24. The molecule has 0 bridgehead atoms. The molecule has 2 rings (SSSR count). The van der Waals surface area contributed by atoms with Crippen molar-refractivity contribution in [3.63, 3.8) is 0 Å². The molecule has 2 aromatic carbocycles. The maximum absolute atomic E-state index is 12.6. The first-order chi connectivity index (χ1) is 12.3. The van der Waals surface area contributed by atoms with E-state index in [9.17, 15) is 4.79 Å². The Kier molecular flexibility index (Phi) is 13.5. The van der Waals surface area contributed by atoms with Gasteiger partial charge in [0, 0.05) is 11.5 Å². The van der Waals surface area contributed by atoms with Crippen molar-refractivity contribution < 1.29 is 9.53 Å². The van der Waals surface area contributed by atoms with Gasteiger partial charge in [0.25, 0.3) is 0 Å². The number of alkyl halides is 1. The molecule has 3 heteroatoms. The zero-order valence-electron chi connectivity index (χ0n) is 16.1. The Labute approximate surface area is 158 Å². The van der Waals surface area contributed by atoms with Crippen molar-refractivity contribution >= 4 is 17.4 Å². The van der Waals surface area contributed by atoms with Crippen molar-refractivity contribution in [1.82, 2.24) is 0 Å². The molecular weight excluding hydrogens is 332 g/mol. The lowest BCUT2D eigenvalue weighted by Crippen LogP contribution is -2.12. The van der Waals surface area contributed by atoms with Crippen LogP contribution in [0.25, 0.3) is 0 Å². The van der Waals surface area contributed by atoms with Crippen LogP contribution in [0.3, 0.4) is 0 Å². The summed E-state index contributed by atoms with van der Waals surface area (Å²) in [5.41, 5.74) is 1.77. The Morgan fingerprint density at radius 1 is 0.960 bits per heavy atom. The Balaban J connectivity index is 0.00000134. The first-order valence-electron chi connectivity index (χ1n) is 9.14. The maximum atomic E-state index is 12.6. The maximum Gasteiger partial charge on any atom is 0.170 e. The molecule has 1 unspecified atom stereocenters. The van der Waals surface area contributed by atoms with E-state index in [1.165, 1.54) is 0 Å². The number of ether oxygens (including phenoxy) is 1. The highest BCUT2D eigenvalue weighted by Crippen LogP contribution is 2.25. The van der Waals surface area contributed by atoms with Gasteiger partial charge in [-0.1, -0.05) is 65.0 Å². The van der Waals surface area contributed by atoms with Gasteiger partial charge in [-0.15, -0.1) is 11.6 Å². The quantitative estimate of drug-likeness (QED) is 0.403. The summed E-state index contributed by atoms with van der Waals surface area (Å²) in [6, 6.07) is 17.2. The summed E-state index contributed by atoms with van der Waals surface area (Å²) in [5, 5.41) is 0. The highest BCUT2D eigenvalue weighted by Gasteiger charge is 2.19. The van der Waals surface area contributed by atoms with Gasteiger partial charge in [0.15, 0.2) is 5.78 Å². The number of benzene rings is 2. The Morgan fingerprint density at radius 2 is 1.52 bits per heavy atom. The molecule has 25 heavy (non-hydrogen) atoms. The highest BCUT2D eigenvalue weighted by molar-refractivity contribution is 6.18. The predicted octanol–water partition coefficient (Wildman–Crippen LogP) is 6.73. The van der Waals surface area contributed by atoms with Crippen LogP contribution in [0, 0.1) is 0 Å². The minimum Gasteiger partial charge on any atom is -0.492 e. The van der Waals surface area contributed by atoms with Gasteiger partial charge in [0.2, 0.25) is 0 Å². The van der Waals surface area contributed by atoms with E-state index in [1.54, 1.807) is 0 Å². The van der Waals surface area contributed by atoms with Crippen LogP contribution in [0.4, 0.5) is 0 Å². The van der Waals surface area contributed by atoms with E-state index in [-0.39, 0.29) is 11.7 Å². The number of ketones is 1. The Morgan fingerprint density at radius 3 is 2.00 bits per heavy atom. The zero-order chi connectivity index (χ0) is 19.1. The largest absolute Gasteiger partial charge is 0.492 e. The molecule has 0 saturated heterocycles. The molecule has 0 fully saturated rings.